The number of halogens is 2. The fourth-order valence-electron chi connectivity index (χ4n) is 3.81. The molecule has 2 aliphatic rings. The number of benzene rings is 1. The molecule has 3 amide bonds. The van der Waals surface area contributed by atoms with E-state index >= 15 is 0 Å². The van der Waals surface area contributed by atoms with Crippen molar-refractivity contribution in [2.24, 2.45) is 0 Å². The smallest absolute Gasteiger partial charge is 0.276 e. The Balaban J connectivity index is 1.66. The first kappa shape index (κ1) is 20.5. The van der Waals surface area contributed by atoms with Gasteiger partial charge in [0.2, 0.25) is 11.3 Å². The highest BCUT2D eigenvalue weighted by Crippen LogP contribution is 2.30. The molecule has 1 aromatic carbocycles. The lowest BCUT2D eigenvalue weighted by Gasteiger charge is -2.45. The van der Waals surface area contributed by atoms with Crippen molar-refractivity contribution in [3.8, 4) is 5.75 Å². The number of nitrogens with zero attached hydrogens (tertiary/aromatic N) is 3. The molecule has 0 radical (unpaired) electrons. The van der Waals surface area contributed by atoms with E-state index in [4.69, 9.17) is 0 Å². The van der Waals surface area contributed by atoms with Gasteiger partial charge in [-0.15, -0.1) is 0 Å². The summed E-state index contributed by atoms with van der Waals surface area (Å²) in [6.45, 7) is 1.57. The molecule has 2 N–H and O–H groups in total. The standard InChI is InChI=1S/C20H18F2N4O5/c1-10(27)24-6-13-7-25(9-24)20(31)16-18(29)17(28)14(8-26(13)16)19(30)23-5-11-2-3-12(21)4-15(11)22/h2-4,8,13,29H,5-7,9H2,1H3,(H,23,30). The molecule has 31 heavy (non-hydrogen) atoms. The zero-order chi connectivity index (χ0) is 22.4. The van der Waals surface area contributed by atoms with Crippen LogP contribution in [0, 0.1) is 11.6 Å². The highest BCUT2D eigenvalue weighted by Gasteiger charge is 2.40. The average Bonchev–Trinajstić information content (AvgIpc) is 2.73. The molecule has 0 aliphatic carbocycles. The summed E-state index contributed by atoms with van der Waals surface area (Å²) in [5.74, 6) is -4.25. The van der Waals surface area contributed by atoms with Gasteiger partial charge >= 0.3 is 0 Å². The molecule has 11 heteroatoms. The van der Waals surface area contributed by atoms with Crippen LogP contribution in [-0.4, -0.2) is 57.0 Å². The van der Waals surface area contributed by atoms with Crippen LogP contribution in [0.1, 0.15) is 39.4 Å². The second-order valence-electron chi connectivity index (χ2n) is 7.46. The molecule has 1 aromatic heterocycles. The predicted octanol–water partition coefficient (Wildman–Crippen LogP) is 0.579. The number of aromatic hydroxyl groups is 1. The third-order valence-electron chi connectivity index (χ3n) is 5.44. The Labute approximate surface area is 174 Å². The molecule has 1 atom stereocenters. The highest BCUT2D eigenvalue weighted by atomic mass is 19.1. The lowest BCUT2D eigenvalue weighted by atomic mass is 10.1. The molecule has 9 nitrogen and oxygen atoms in total. The third kappa shape index (κ3) is 3.51. The summed E-state index contributed by atoms with van der Waals surface area (Å²) in [6, 6.07) is 2.40. The minimum atomic E-state index is -1.04. The predicted molar refractivity (Wildman–Crippen MR) is 102 cm³/mol. The minimum absolute atomic E-state index is 0.00670. The Kier molecular flexibility index (Phi) is 4.96. The van der Waals surface area contributed by atoms with E-state index in [1.165, 1.54) is 21.3 Å². The Hall–Kier alpha value is -3.76. The molecule has 2 aromatic rings. The highest BCUT2D eigenvalue weighted by molar-refractivity contribution is 5.99. The number of carbonyl (C=O) groups excluding carboxylic acids is 3. The molecule has 162 valence electrons. The van der Waals surface area contributed by atoms with E-state index < -0.39 is 46.2 Å². The summed E-state index contributed by atoms with van der Waals surface area (Å²) in [4.78, 5) is 52.4. The third-order valence-corrected chi connectivity index (χ3v) is 5.44. The van der Waals surface area contributed by atoms with Crippen molar-refractivity contribution >= 4 is 17.7 Å². The molecule has 4 rings (SSSR count). The van der Waals surface area contributed by atoms with Crippen LogP contribution in [0.5, 0.6) is 5.75 Å². The zero-order valence-electron chi connectivity index (χ0n) is 16.4. The van der Waals surface area contributed by atoms with E-state index in [1.807, 2.05) is 0 Å². The fraction of sp³-hybridized carbons (Fsp3) is 0.300. The maximum atomic E-state index is 13.8. The number of hydrogen-bond donors (Lipinski definition) is 2. The first-order valence-electron chi connectivity index (χ1n) is 9.42. The van der Waals surface area contributed by atoms with Crippen LogP contribution in [-0.2, 0) is 11.3 Å². The van der Waals surface area contributed by atoms with Gasteiger partial charge in [-0.05, 0) is 6.07 Å². The molecule has 0 spiro atoms. The van der Waals surface area contributed by atoms with Crippen molar-refractivity contribution in [3.63, 3.8) is 0 Å². The van der Waals surface area contributed by atoms with E-state index in [2.05, 4.69) is 5.32 Å². The van der Waals surface area contributed by atoms with E-state index in [-0.39, 0.29) is 43.5 Å². The van der Waals surface area contributed by atoms with Crippen LogP contribution in [0.15, 0.2) is 29.2 Å². The normalized spacial score (nSPS) is 17.4. The molecular formula is C20H18F2N4O5. The summed E-state index contributed by atoms with van der Waals surface area (Å²) in [7, 11) is 0. The molecule has 3 heterocycles. The van der Waals surface area contributed by atoms with Gasteiger partial charge < -0.3 is 24.8 Å². The van der Waals surface area contributed by atoms with Gasteiger partial charge in [-0.3, -0.25) is 19.2 Å². The van der Waals surface area contributed by atoms with Crippen LogP contribution >= 0.6 is 0 Å². The van der Waals surface area contributed by atoms with Crippen molar-refractivity contribution < 1.29 is 28.3 Å². The molecule has 1 saturated heterocycles. The first-order chi connectivity index (χ1) is 14.7. The lowest BCUT2D eigenvalue weighted by Crippen LogP contribution is -2.57. The summed E-state index contributed by atoms with van der Waals surface area (Å²) in [5, 5.41) is 12.7. The topological polar surface area (TPSA) is 112 Å². The van der Waals surface area contributed by atoms with Crippen molar-refractivity contribution in [2.75, 3.05) is 19.8 Å². The molecular weight excluding hydrogens is 414 g/mol. The van der Waals surface area contributed by atoms with Crippen molar-refractivity contribution in [3.05, 3.63) is 63.1 Å². The number of nitrogens with one attached hydrogen (secondary N) is 1. The van der Waals surface area contributed by atoms with E-state index in [9.17, 15) is 33.1 Å². The van der Waals surface area contributed by atoms with Crippen LogP contribution in [0.4, 0.5) is 8.78 Å². The fourth-order valence-corrected chi connectivity index (χ4v) is 3.81. The molecule has 0 saturated carbocycles. The quantitative estimate of drug-likeness (QED) is 0.737. The maximum absolute atomic E-state index is 13.8. The monoisotopic (exact) mass is 432 g/mol. The van der Waals surface area contributed by atoms with Gasteiger partial charge in [0.15, 0.2) is 11.4 Å². The van der Waals surface area contributed by atoms with Gasteiger partial charge in [0.25, 0.3) is 11.8 Å². The van der Waals surface area contributed by atoms with E-state index in [1.54, 1.807) is 0 Å². The van der Waals surface area contributed by atoms with Crippen LogP contribution in [0.25, 0.3) is 0 Å². The molecule has 1 fully saturated rings. The zero-order valence-corrected chi connectivity index (χ0v) is 16.4. The second-order valence-corrected chi connectivity index (χ2v) is 7.46. The van der Waals surface area contributed by atoms with Crippen molar-refractivity contribution in [2.45, 2.75) is 19.5 Å². The average molecular weight is 432 g/mol. The number of amides is 3. The largest absolute Gasteiger partial charge is 0.503 e. The summed E-state index contributed by atoms with van der Waals surface area (Å²) in [5.41, 5.74) is -1.72. The van der Waals surface area contributed by atoms with Gasteiger partial charge in [0, 0.05) is 44.4 Å². The van der Waals surface area contributed by atoms with Crippen LogP contribution in [0.2, 0.25) is 0 Å². The first-order valence-corrected chi connectivity index (χ1v) is 9.42. The van der Waals surface area contributed by atoms with E-state index in [0.717, 1.165) is 18.3 Å². The lowest BCUT2D eigenvalue weighted by molar-refractivity contribution is -0.133. The van der Waals surface area contributed by atoms with Gasteiger partial charge in [-0.25, -0.2) is 8.78 Å². The second kappa shape index (κ2) is 7.49. The number of carbonyl (C=O) groups is 3. The van der Waals surface area contributed by atoms with Gasteiger partial charge in [-0.2, -0.15) is 0 Å². The number of rotatable bonds is 3. The van der Waals surface area contributed by atoms with Crippen molar-refractivity contribution in [1.29, 1.82) is 0 Å². The van der Waals surface area contributed by atoms with Crippen LogP contribution in [0.3, 0.4) is 0 Å². The Morgan fingerprint density at radius 3 is 2.65 bits per heavy atom. The molecule has 2 aliphatic heterocycles. The van der Waals surface area contributed by atoms with Crippen molar-refractivity contribution in [1.82, 2.24) is 19.7 Å². The van der Waals surface area contributed by atoms with Gasteiger partial charge in [0.05, 0.1) is 12.7 Å². The minimum Gasteiger partial charge on any atom is -0.503 e. The summed E-state index contributed by atoms with van der Waals surface area (Å²) < 4.78 is 28.1. The number of fused-ring (bicyclic) bond motifs is 4. The van der Waals surface area contributed by atoms with Gasteiger partial charge in [0.1, 0.15) is 17.2 Å². The van der Waals surface area contributed by atoms with E-state index in [0.29, 0.717) is 6.07 Å². The molecule has 1 unspecified atom stereocenters. The number of aromatic nitrogens is 1. The summed E-state index contributed by atoms with van der Waals surface area (Å²) >= 11 is 0. The Bertz CT molecular complexity index is 1180. The summed E-state index contributed by atoms with van der Waals surface area (Å²) in [6.07, 6.45) is 1.16. The Morgan fingerprint density at radius 2 is 1.97 bits per heavy atom. The van der Waals surface area contributed by atoms with Crippen LogP contribution < -0.4 is 10.7 Å². The maximum Gasteiger partial charge on any atom is 0.276 e. The number of hydrogen-bond acceptors (Lipinski definition) is 5. The number of pyridine rings is 1. The van der Waals surface area contributed by atoms with Gasteiger partial charge in [-0.1, -0.05) is 6.07 Å². The Morgan fingerprint density at radius 1 is 1.23 bits per heavy atom. The SMILES string of the molecule is CC(=O)N1CC2CN(C1)C(=O)c1c(O)c(=O)c(C(=O)NCc3ccc(F)cc3F)cn12. The molecule has 2 bridgehead atoms.